The first-order valence-electron chi connectivity index (χ1n) is 5.64. The van der Waals surface area contributed by atoms with Crippen molar-refractivity contribution >= 4 is 23.7 Å². The molecular formula is C13H18N2O2. The molecule has 92 valence electrons. The van der Waals surface area contributed by atoms with Crippen LogP contribution in [0.25, 0.3) is 0 Å². The lowest BCUT2D eigenvalue weighted by molar-refractivity contribution is -0.116. The van der Waals surface area contributed by atoms with Crippen LogP contribution in [0, 0.1) is 12.8 Å². The summed E-state index contributed by atoms with van der Waals surface area (Å²) in [6, 6.07) is 5.41. The molecule has 0 aliphatic rings. The van der Waals surface area contributed by atoms with Gasteiger partial charge in [-0.25, -0.2) is 0 Å². The Kier molecular flexibility index (Phi) is 4.69. The van der Waals surface area contributed by atoms with Crippen molar-refractivity contribution < 1.29 is 9.59 Å². The van der Waals surface area contributed by atoms with Crippen molar-refractivity contribution in [2.24, 2.45) is 5.92 Å². The van der Waals surface area contributed by atoms with E-state index in [1.54, 1.807) is 12.1 Å². The zero-order valence-corrected chi connectivity index (χ0v) is 10.4. The minimum atomic E-state index is -0.00801. The molecule has 17 heavy (non-hydrogen) atoms. The summed E-state index contributed by atoms with van der Waals surface area (Å²) in [7, 11) is 0. The van der Waals surface area contributed by atoms with Gasteiger partial charge in [0.05, 0.1) is 0 Å². The molecule has 0 unspecified atom stereocenters. The van der Waals surface area contributed by atoms with Crippen LogP contribution in [0.15, 0.2) is 18.2 Å². The molecule has 0 saturated carbocycles. The largest absolute Gasteiger partial charge is 0.328 e. The molecule has 0 aromatic heterocycles. The molecule has 0 aliphatic heterocycles. The highest BCUT2D eigenvalue weighted by Gasteiger charge is 2.08. The predicted molar refractivity (Wildman–Crippen MR) is 69.0 cm³/mol. The van der Waals surface area contributed by atoms with E-state index in [4.69, 9.17) is 0 Å². The van der Waals surface area contributed by atoms with Crippen LogP contribution in [-0.4, -0.2) is 12.3 Å². The van der Waals surface area contributed by atoms with Crippen LogP contribution in [0.3, 0.4) is 0 Å². The first kappa shape index (κ1) is 13.2. The molecule has 0 saturated heterocycles. The molecule has 4 heteroatoms. The monoisotopic (exact) mass is 234 g/mol. The fourth-order valence-electron chi connectivity index (χ4n) is 1.56. The number of hydrogen-bond acceptors (Lipinski definition) is 2. The Bertz CT molecular complexity index is 414. The van der Waals surface area contributed by atoms with Crippen molar-refractivity contribution in [3.8, 4) is 0 Å². The van der Waals surface area contributed by atoms with E-state index in [0.29, 0.717) is 24.4 Å². The number of carbonyl (C=O) groups is 2. The molecule has 0 spiro atoms. The summed E-state index contributed by atoms with van der Waals surface area (Å²) in [4.78, 5) is 22.1. The van der Waals surface area contributed by atoms with Gasteiger partial charge in [-0.2, -0.15) is 0 Å². The molecule has 0 aliphatic carbocycles. The molecule has 1 aromatic rings. The lowest BCUT2D eigenvalue weighted by Gasteiger charge is -2.12. The molecular weight excluding hydrogens is 216 g/mol. The Balaban J connectivity index is 2.80. The van der Waals surface area contributed by atoms with E-state index in [1.165, 1.54) is 0 Å². The van der Waals surface area contributed by atoms with Gasteiger partial charge in [0.1, 0.15) is 0 Å². The number of amides is 2. The van der Waals surface area contributed by atoms with Gasteiger partial charge >= 0.3 is 0 Å². The van der Waals surface area contributed by atoms with Crippen molar-refractivity contribution in [1.82, 2.24) is 0 Å². The van der Waals surface area contributed by atoms with Gasteiger partial charge in [-0.1, -0.05) is 19.9 Å². The van der Waals surface area contributed by atoms with Crippen LogP contribution in [0.1, 0.15) is 25.8 Å². The summed E-state index contributed by atoms with van der Waals surface area (Å²) in [6.07, 6.45) is 1.12. The van der Waals surface area contributed by atoms with Gasteiger partial charge in [0.25, 0.3) is 0 Å². The standard InChI is InChI=1S/C13H18N2O2/c1-9(2)7-13(17)15-12-6-4-5-11(10(12)3)14-8-16/h4-6,8-9H,7H2,1-3H3,(H,14,16)(H,15,17). The van der Waals surface area contributed by atoms with E-state index in [1.807, 2.05) is 26.8 Å². The van der Waals surface area contributed by atoms with E-state index in [9.17, 15) is 9.59 Å². The second-order valence-electron chi connectivity index (χ2n) is 4.39. The molecule has 0 heterocycles. The van der Waals surface area contributed by atoms with Gasteiger partial charge in [-0.05, 0) is 30.5 Å². The zero-order chi connectivity index (χ0) is 12.8. The van der Waals surface area contributed by atoms with Crippen LogP contribution in [0.4, 0.5) is 11.4 Å². The van der Waals surface area contributed by atoms with Gasteiger partial charge in [0.15, 0.2) is 0 Å². The van der Waals surface area contributed by atoms with Crippen molar-refractivity contribution in [1.29, 1.82) is 0 Å². The maximum absolute atomic E-state index is 11.6. The van der Waals surface area contributed by atoms with Crippen molar-refractivity contribution in [2.45, 2.75) is 27.2 Å². The molecule has 2 amide bonds. The third kappa shape index (κ3) is 3.90. The Labute approximate surface area is 101 Å². The summed E-state index contributed by atoms with van der Waals surface area (Å²) in [5.41, 5.74) is 2.31. The molecule has 0 fully saturated rings. The number of hydrogen-bond donors (Lipinski definition) is 2. The second-order valence-corrected chi connectivity index (χ2v) is 4.39. The van der Waals surface area contributed by atoms with E-state index in [-0.39, 0.29) is 5.91 Å². The first-order chi connectivity index (χ1) is 8.04. The van der Waals surface area contributed by atoms with Gasteiger partial charge in [-0.15, -0.1) is 0 Å². The molecule has 2 N–H and O–H groups in total. The summed E-state index contributed by atoms with van der Waals surface area (Å²) in [5, 5.41) is 5.44. The van der Waals surface area contributed by atoms with E-state index < -0.39 is 0 Å². The Morgan fingerprint density at radius 1 is 1.35 bits per heavy atom. The van der Waals surface area contributed by atoms with Crippen LogP contribution in [0.5, 0.6) is 0 Å². The molecule has 0 atom stereocenters. The van der Waals surface area contributed by atoms with Gasteiger partial charge in [0.2, 0.25) is 12.3 Å². The van der Waals surface area contributed by atoms with Crippen LogP contribution in [-0.2, 0) is 9.59 Å². The number of nitrogens with one attached hydrogen (secondary N) is 2. The molecule has 0 bridgehead atoms. The minimum absolute atomic E-state index is 0.00801. The maximum Gasteiger partial charge on any atom is 0.224 e. The number of rotatable bonds is 5. The summed E-state index contributed by atoms with van der Waals surface area (Å²) >= 11 is 0. The zero-order valence-electron chi connectivity index (χ0n) is 10.4. The van der Waals surface area contributed by atoms with Crippen molar-refractivity contribution in [2.75, 3.05) is 10.6 Å². The Morgan fingerprint density at radius 2 is 2.00 bits per heavy atom. The highest BCUT2D eigenvalue weighted by Crippen LogP contribution is 2.23. The normalized spacial score (nSPS) is 10.1. The topological polar surface area (TPSA) is 58.2 Å². The minimum Gasteiger partial charge on any atom is -0.328 e. The summed E-state index contributed by atoms with van der Waals surface area (Å²) in [6.45, 7) is 5.85. The summed E-state index contributed by atoms with van der Waals surface area (Å²) < 4.78 is 0. The highest BCUT2D eigenvalue weighted by atomic mass is 16.1. The van der Waals surface area contributed by atoms with Gasteiger partial charge in [0, 0.05) is 17.8 Å². The van der Waals surface area contributed by atoms with Crippen LogP contribution >= 0.6 is 0 Å². The average Bonchev–Trinajstić information content (AvgIpc) is 2.23. The fourth-order valence-corrected chi connectivity index (χ4v) is 1.56. The lowest BCUT2D eigenvalue weighted by atomic mass is 10.1. The number of benzene rings is 1. The molecule has 4 nitrogen and oxygen atoms in total. The van der Waals surface area contributed by atoms with Gasteiger partial charge < -0.3 is 10.6 Å². The quantitative estimate of drug-likeness (QED) is 0.769. The molecule has 1 aromatic carbocycles. The SMILES string of the molecule is Cc1c(NC=O)cccc1NC(=O)CC(C)C. The highest BCUT2D eigenvalue weighted by molar-refractivity contribution is 5.93. The van der Waals surface area contributed by atoms with Crippen LogP contribution in [0.2, 0.25) is 0 Å². The number of carbonyl (C=O) groups excluding carboxylic acids is 2. The third-order valence-corrected chi connectivity index (χ3v) is 2.42. The average molecular weight is 234 g/mol. The molecule has 1 rings (SSSR count). The summed E-state index contributed by atoms with van der Waals surface area (Å²) in [5.74, 6) is 0.318. The maximum atomic E-state index is 11.6. The van der Waals surface area contributed by atoms with Crippen molar-refractivity contribution in [3.05, 3.63) is 23.8 Å². The lowest BCUT2D eigenvalue weighted by Crippen LogP contribution is -2.15. The van der Waals surface area contributed by atoms with E-state index in [0.717, 1.165) is 11.3 Å². The number of anilines is 2. The van der Waals surface area contributed by atoms with Crippen molar-refractivity contribution in [3.63, 3.8) is 0 Å². The van der Waals surface area contributed by atoms with E-state index in [2.05, 4.69) is 10.6 Å². The first-order valence-corrected chi connectivity index (χ1v) is 5.64. The Hall–Kier alpha value is -1.84. The van der Waals surface area contributed by atoms with Crippen LogP contribution < -0.4 is 10.6 Å². The fraction of sp³-hybridized carbons (Fsp3) is 0.385. The van der Waals surface area contributed by atoms with Gasteiger partial charge in [-0.3, -0.25) is 9.59 Å². The molecule has 0 radical (unpaired) electrons. The Morgan fingerprint density at radius 3 is 2.59 bits per heavy atom. The third-order valence-electron chi connectivity index (χ3n) is 2.42. The second kappa shape index (κ2) is 6.03. The van der Waals surface area contributed by atoms with E-state index >= 15 is 0 Å². The smallest absolute Gasteiger partial charge is 0.224 e. The predicted octanol–water partition coefficient (Wildman–Crippen LogP) is 2.55.